The highest BCUT2D eigenvalue weighted by atomic mass is 127. The fourth-order valence-corrected chi connectivity index (χ4v) is 16.8. The number of amides is 6. The molecule has 6 amide bonds. The van der Waals surface area contributed by atoms with Gasteiger partial charge in [-0.25, -0.2) is 0 Å². The molecule has 0 aromatic heterocycles. The summed E-state index contributed by atoms with van der Waals surface area (Å²) in [5, 5.41) is 101. The third-order valence-electron chi connectivity index (χ3n) is 11.0. The first kappa shape index (κ1) is 67.3. The number of hydrogen-bond acceptors (Lipinski definition) is 16. The van der Waals surface area contributed by atoms with Crippen LogP contribution in [0.1, 0.15) is 81.0 Å². The number of aliphatic hydroxyl groups excluding tert-OH is 10. The Hall–Kier alpha value is -0.760. The van der Waals surface area contributed by atoms with Crippen LogP contribution < -0.4 is 9.80 Å². The van der Waals surface area contributed by atoms with E-state index in [1.807, 2.05) is 136 Å². The van der Waals surface area contributed by atoms with Crippen molar-refractivity contribution in [1.29, 1.82) is 0 Å². The van der Waals surface area contributed by atoms with Gasteiger partial charge in [0.05, 0.1) is 126 Å². The topological polar surface area (TPSA) is 324 Å². The summed E-state index contributed by atoms with van der Waals surface area (Å²) in [5.41, 5.74) is 0.249. The molecule has 2 atom stereocenters. The number of halogens is 6. The second-order valence-electron chi connectivity index (χ2n) is 15.9. The van der Waals surface area contributed by atoms with Gasteiger partial charge in [-0.2, -0.15) is 0 Å². The molecule has 72 heavy (non-hydrogen) atoms. The van der Waals surface area contributed by atoms with Gasteiger partial charge in [-0.05, 0) is 148 Å². The minimum atomic E-state index is -1.18. The second kappa shape index (κ2) is 34.2. The van der Waals surface area contributed by atoms with Crippen molar-refractivity contribution in [2.45, 2.75) is 51.7 Å². The highest BCUT2D eigenvalue weighted by Crippen LogP contribution is 2.41. The van der Waals surface area contributed by atoms with Crippen molar-refractivity contribution in [3.8, 4) is 0 Å². The Morgan fingerprint density at radius 3 is 0.736 bits per heavy atom. The summed E-state index contributed by atoms with van der Waals surface area (Å²) in [6, 6.07) is 0. The first-order valence-corrected chi connectivity index (χ1v) is 29.0. The molecule has 0 fully saturated rings. The first-order valence-electron chi connectivity index (χ1n) is 22.5. The minimum absolute atomic E-state index is 0.00450. The molecular formula is C44H62I6N6O16. The molecule has 0 heterocycles. The van der Waals surface area contributed by atoms with E-state index in [1.54, 1.807) is 0 Å². The van der Waals surface area contributed by atoms with E-state index in [-0.39, 0.29) is 133 Å². The van der Waals surface area contributed by atoms with Gasteiger partial charge in [0.1, 0.15) is 0 Å². The maximum atomic E-state index is 14.2. The van der Waals surface area contributed by atoms with Crippen molar-refractivity contribution in [3.05, 3.63) is 43.7 Å². The highest BCUT2D eigenvalue weighted by molar-refractivity contribution is 14.1. The second-order valence-corrected chi connectivity index (χ2v) is 22.4. The van der Waals surface area contributed by atoms with E-state index >= 15 is 0 Å². The predicted molar refractivity (Wildman–Crippen MR) is 316 cm³/mol. The van der Waals surface area contributed by atoms with Crippen molar-refractivity contribution in [3.63, 3.8) is 0 Å². The van der Waals surface area contributed by atoms with Gasteiger partial charge < -0.3 is 80.5 Å². The number of carbonyl (C=O) groups excluding carboxylic acids is 6. The molecule has 2 unspecified atom stereocenters. The SMILES string of the molecule is CC(=O)N(CC(O)CCCCC(O)CN(C(C)=O)c1c(I)c(C(=O)N(CCO)CCO)c(I)c(C(=O)N(CCO)CCO)c1I)c1c(I)c(C(=O)N(CCO)CCO)c(I)c(C(=O)N(CCO)CCO)c1I. The Balaban J connectivity index is 2.57. The van der Waals surface area contributed by atoms with Crippen LogP contribution >= 0.6 is 136 Å². The molecule has 22 nitrogen and oxygen atoms in total. The van der Waals surface area contributed by atoms with Crippen molar-refractivity contribution < 1.29 is 79.8 Å². The molecular weight excluding hydrogens is 1630 g/mol. The van der Waals surface area contributed by atoms with Gasteiger partial charge in [0.2, 0.25) is 11.8 Å². The number of benzene rings is 2. The van der Waals surface area contributed by atoms with Gasteiger partial charge in [0, 0.05) is 73.3 Å². The zero-order chi connectivity index (χ0) is 54.6. The highest BCUT2D eigenvalue weighted by Gasteiger charge is 2.37. The maximum Gasteiger partial charge on any atom is 0.256 e. The Labute approximate surface area is 499 Å². The van der Waals surface area contributed by atoms with Crippen molar-refractivity contribution in [2.24, 2.45) is 0 Å². The minimum Gasteiger partial charge on any atom is -0.395 e. The molecule has 2 rings (SSSR count). The van der Waals surface area contributed by atoms with Gasteiger partial charge in [-0.3, -0.25) is 28.8 Å². The standard InChI is InChI=1S/C44H62I6N6O16/c1-25(65)55(39-35(47)29(41(69)51(7-15-57)8-16-58)33(45)30(36(39)48)42(70)52(9-17-59)10-18-60)23-27(67)5-3-4-6-28(68)24-56(26(2)66)40-37(49)31(43(71)53(11-19-61)12-20-62)34(46)32(38(40)50)44(72)54(13-21-63)14-22-64/h27-28,57-64,67-68H,3-24H2,1-2H3. The molecule has 0 radical (unpaired) electrons. The fourth-order valence-electron chi connectivity index (χ4n) is 7.50. The third kappa shape index (κ3) is 17.9. The summed E-state index contributed by atoms with van der Waals surface area (Å²) in [7, 11) is 0. The van der Waals surface area contributed by atoms with Crippen molar-refractivity contribution in [1.82, 2.24) is 19.6 Å². The van der Waals surface area contributed by atoms with Crippen LogP contribution in [0.3, 0.4) is 0 Å². The summed E-state index contributed by atoms with van der Waals surface area (Å²) in [6.07, 6.45) is -1.55. The molecule has 0 spiro atoms. The van der Waals surface area contributed by atoms with Crippen LogP contribution in [0.25, 0.3) is 0 Å². The van der Waals surface area contributed by atoms with E-state index in [4.69, 9.17) is 0 Å². The lowest BCUT2D eigenvalue weighted by molar-refractivity contribution is -0.117. The lowest BCUT2D eigenvalue weighted by atomic mass is 10.0. The summed E-state index contributed by atoms with van der Waals surface area (Å²) in [5.74, 6) is -3.71. The van der Waals surface area contributed by atoms with Crippen LogP contribution in [0.15, 0.2) is 0 Å². The number of anilines is 2. The molecule has 0 saturated heterocycles. The van der Waals surface area contributed by atoms with Gasteiger partial charge >= 0.3 is 0 Å². The molecule has 406 valence electrons. The van der Waals surface area contributed by atoms with E-state index in [0.717, 1.165) is 0 Å². The monoisotopic (exact) mass is 1690 g/mol. The number of unbranched alkanes of at least 4 members (excludes halogenated alkanes) is 1. The molecule has 0 bridgehead atoms. The van der Waals surface area contributed by atoms with E-state index < -0.39 is 101 Å². The Bertz CT molecular complexity index is 1910. The Kier molecular flexibility index (Phi) is 32.0. The van der Waals surface area contributed by atoms with Gasteiger partial charge in [0.15, 0.2) is 0 Å². The average molecular weight is 1690 g/mol. The van der Waals surface area contributed by atoms with Gasteiger partial charge in [0.25, 0.3) is 23.6 Å². The maximum absolute atomic E-state index is 14.2. The quantitative estimate of drug-likeness (QED) is 0.0367. The molecule has 28 heteroatoms. The predicted octanol–water partition coefficient (Wildman–Crippen LogP) is 0.710. The zero-order valence-corrected chi connectivity index (χ0v) is 52.5. The number of hydrogen-bond donors (Lipinski definition) is 10. The normalized spacial score (nSPS) is 12.1. The molecule has 0 saturated carbocycles. The van der Waals surface area contributed by atoms with E-state index in [1.165, 1.54) is 43.2 Å². The molecule has 2 aromatic rings. The van der Waals surface area contributed by atoms with Crippen LogP contribution in [0.5, 0.6) is 0 Å². The van der Waals surface area contributed by atoms with E-state index in [9.17, 15) is 79.8 Å². The summed E-state index contributed by atoms with van der Waals surface area (Å²) >= 11 is 11.2. The molecule has 0 aliphatic heterocycles. The summed E-state index contributed by atoms with van der Waals surface area (Å²) < 4.78 is 1.34. The lowest BCUT2D eigenvalue weighted by Crippen LogP contribution is -2.41. The van der Waals surface area contributed by atoms with Crippen LogP contribution in [0, 0.1) is 21.4 Å². The van der Waals surface area contributed by atoms with Crippen LogP contribution in [-0.2, 0) is 9.59 Å². The van der Waals surface area contributed by atoms with Gasteiger partial charge in [-0.1, -0.05) is 12.8 Å². The van der Waals surface area contributed by atoms with Crippen LogP contribution in [0.4, 0.5) is 11.4 Å². The number of nitrogens with zero attached hydrogens (tertiary/aromatic N) is 6. The first-order chi connectivity index (χ1) is 34.1. The van der Waals surface area contributed by atoms with Gasteiger partial charge in [-0.15, -0.1) is 0 Å². The Morgan fingerprint density at radius 1 is 0.375 bits per heavy atom. The lowest BCUT2D eigenvalue weighted by Gasteiger charge is -2.31. The number of aliphatic hydroxyl groups is 10. The smallest absolute Gasteiger partial charge is 0.256 e. The largest absolute Gasteiger partial charge is 0.395 e. The van der Waals surface area contributed by atoms with Crippen molar-refractivity contribution in [2.75, 3.05) is 128 Å². The molecule has 0 aliphatic carbocycles. The number of carbonyl (C=O) groups is 6. The van der Waals surface area contributed by atoms with Crippen LogP contribution in [-0.4, -0.2) is 237 Å². The zero-order valence-electron chi connectivity index (χ0n) is 39.6. The summed E-state index contributed by atoms with van der Waals surface area (Å²) in [4.78, 5) is 90.9. The Morgan fingerprint density at radius 2 is 0.569 bits per heavy atom. The average Bonchev–Trinajstić information content (AvgIpc) is 3.31. The third-order valence-corrected chi connectivity index (χ3v) is 17.3. The molecule has 0 aliphatic rings. The number of rotatable bonds is 31. The fraction of sp³-hybridized carbons (Fsp3) is 0.591. The summed E-state index contributed by atoms with van der Waals surface area (Å²) in [6.45, 7) is -2.84. The molecule has 10 N–H and O–H groups in total. The molecule has 2 aromatic carbocycles. The van der Waals surface area contributed by atoms with E-state index in [2.05, 4.69) is 0 Å². The van der Waals surface area contributed by atoms with E-state index in [0.29, 0.717) is 12.8 Å². The van der Waals surface area contributed by atoms with Crippen molar-refractivity contribution >= 4 is 182 Å². The van der Waals surface area contributed by atoms with Crippen LogP contribution in [0.2, 0.25) is 0 Å².